The smallest absolute Gasteiger partial charge is 0.231 e. The summed E-state index contributed by atoms with van der Waals surface area (Å²) >= 11 is 0. The average Bonchev–Trinajstić information content (AvgIpc) is 3.60. The lowest BCUT2D eigenvalue weighted by Gasteiger charge is -2.24. The van der Waals surface area contributed by atoms with E-state index in [0.717, 1.165) is 39.0 Å². The van der Waals surface area contributed by atoms with E-state index < -0.39 is 5.89 Å². The molecule has 4 nitrogen and oxygen atoms in total. The van der Waals surface area contributed by atoms with Gasteiger partial charge < -0.3 is 9.52 Å². The Hall–Kier alpha value is -4.70. The van der Waals surface area contributed by atoms with Gasteiger partial charge in [-0.3, -0.25) is 4.98 Å². The minimum atomic E-state index is -0.985. The summed E-state index contributed by atoms with van der Waals surface area (Å²) in [5, 5.41) is 11.0. The Balaban J connectivity index is 1.26. The number of aromatic hydroxyl groups is 1. The molecule has 0 aliphatic heterocycles. The van der Waals surface area contributed by atoms with Gasteiger partial charge in [0.1, 0.15) is 11.3 Å². The van der Waals surface area contributed by atoms with Gasteiger partial charge >= 0.3 is 0 Å². The molecule has 1 unspecified atom stereocenters. The Kier molecular flexibility index (Phi) is 8.24. The number of hydrogen-bond donors (Lipinski definition) is 1. The molecule has 2 fully saturated rings. The van der Waals surface area contributed by atoms with Gasteiger partial charge in [0.25, 0.3) is 0 Å². The van der Waals surface area contributed by atoms with Crippen molar-refractivity contribution in [2.45, 2.75) is 88.9 Å². The molecular formula is C44H44N2O2. The van der Waals surface area contributed by atoms with E-state index in [1.54, 1.807) is 6.07 Å². The maximum atomic E-state index is 11.0. The highest BCUT2D eigenvalue weighted by Gasteiger charge is 2.23. The molecule has 0 saturated heterocycles. The molecule has 2 saturated carbocycles. The zero-order valence-electron chi connectivity index (χ0n) is 28.8. The number of phenols is 1. The summed E-state index contributed by atoms with van der Waals surface area (Å²) < 4.78 is 16.0. The monoisotopic (exact) mass is 633 g/mol. The molecular weight excluding hydrogens is 588 g/mol. The third-order valence-corrected chi connectivity index (χ3v) is 10.8. The van der Waals surface area contributed by atoms with Gasteiger partial charge in [-0.05, 0) is 102 Å². The van der Waals surface area contributed by atoms with Gasteiger partial charge in [-0.25, -0.2) is 4.98 Å². The molecule has 0 bridgehead atoms. The minimum Gasteiger partial charge on any atom is -0.507 e. The highest BCUT2D eigenvalue weighted by atomic mass is 16.3. The van der Waals surface area contributed by atoms with Crippen LogP contribution < -0.4 is 0 Å². The minimum absolute atomic E-state index is 0.189. The number of rotatable bonds is 7. The summed E-state index contributed by atoms with van der Waals surface area (Å²) in [6, 6.07) is 33.0. The number of fused-ring (bicyclic) bond motifs is 1. The Morgan fingerprint density at radius 3 is 2.21 bits per heavy atom. The van der Waals surface area contributed by atoms with E-state index >= 15 is 0 Å². The van der Waals surface area contributed by atoms with Crippen LogP contribution in [0.2, 0.25) is 0 Å². The van der Waals surface area contributed by atoms with E-state index in [0.29, 0.717) is 28.9 Å². The number of para-hydroxylation sites is 1. The molecule has 1 atom stereocenters. The molecule has 4 heteroatoms. The molecule has 0 amide bonds. The van der Waals surface area contributed by atoms with Crippen LogP contribution in [0.4, 0.5) is 0 Å². The number of benzene rings is 4. The van der Waals surface area contributed by atoms with Crippen LogP contribution in [-0.2, 0) is 0 Å². The molecule has 2 aliphatic rings. The first kappa shape index (κ1) is 29.4. The first-order valence-corrected chi connectivity index (χ1v) is 17.9. The lowest BCUT2D eigenvalue weighted by Crippen LogP contribution is -2.06. The highest BCUT2D eigenvalue weighted by molar-refractivity contribution is 5.93. The predicted octanol–water partition coefficient (Wildman–Crippen LogP) is 12.2. The van der Waals surface area contributed by atoms with Gasteiger partial charge in [-0.15, -0.1) is 0 Å². The topological polar surface area (TPSA) is 59.2 Å². The number of aromatic nitrogens is 2. The molecule has 2 aliphatic carbocycles. The quantitative estimate of drug-likeness (QED) is 0.190. The number of phenolic OH excluding ortho intramolecular Hbond substituents is 1. The second-order valence-electron chi connectivity index (χ2n) is 13.9. The first-order chi connectivity index (χ1) is 24.0. The van der Waals surface area contributed by atoms with Crippen LogP contribution >= 0.6 is 0 Å². The van der Waals surface area contributed by atoms with Gasteiger partial charge in [-0.1, -0.05) is 106 Å². The standard InChI is InChI=1S/C44H44N2O2/c1-29(30-13-5-2-6-14-30)37-20-12-24-45-42(37)36-26-34(32-17-9-4-10-18-32)25-35(27-36)38-19-11-21-41-43(38)46-44(48-41)39-28-33(22-23-40(39)47)31-15-7-3-8-16-31/h2,5-6,11-14,19-29,31-32,47H,3-4,7-10,15-18H2,1H3/i29D. The van der Waals surface area contributed by atoms with E-state index in [9.17, 15) is 6.48 Å². The Bertz CT molecular complexity index is 2090. The highest BCUT2D eigenvalue weighted by Crippen LogP contribution is 2.42. The summed E-state index contributed by atoms with van der Waals surface area (Å²) in [7, 11) is 0. The van der Waals surface area contributed by atoms with E-state index in [1.165, 1.54) is 75.3 Å². The van der Waals surface area contributed by atoms with Crippen LogP contribution in [0, 0.1) is 0 Å². The molecule has 48 heavy (non-hydrogen) atoms. The van der Waals surface area contributed by atoms with Crippen molar-refractivity contribution in [2.75, 3.05) is 0 Å². The summed E-state index contributed by atoms with van der Waals surface area (Å²) in [5.74, 6) is 0.636. The largest absolute Gasteiger partial charge is 0.507 e. The van der Waals surface area contributed by atoms with Gasteiger partial charge in [0, 0.05) is 24.6 Å². The average molecular weight is 634 g/mol. The fourth-order valence-electron chi connectivity index (χ4n) is 8.11. The van der Waals surface area contributed by atoms with Crippen LogP contribution in [0.3, 0.4) is 0 Å². The summed E-state index contributed by atoms with van der Waals surface area (Å²) in [4.78, 5) is 10.0. The van der Waals surface area contributed by atoms with Crippen molar-refractivity contribution in [1.29, 1.82) is 0 Å². The fraction of sp³-hybridized carbons (Fsp3) is 0.318. The van der Waals surface area contributed by atoms with E-state index in [-0.39, 0.29) is 5.75 Å². The van der Waals surface area contributed by atoms with Crippen molar-refractivity contribution >= 4 is 11.1 Å². The lowest BCUT2D eigenvalue weighted by molar-refractivity contribution is 0.441. The summed E-state index contributed by atoms with van der Waals surface area (Å²) in [6.07, 6.45) is 14.1. The van der Waals surface area contributed by atoms with Crippen LogP contribution in [0.15, 0.2) is 108 Å². The molecule has 6 aromatic rings. The summed E-state index contributed by atoms with van der Waals surface area (Å²) in [5.41, 5.74) is 10.4. The number of nitrogens with zero attached hydrogens (tertiary/aromatic N) is 2. The molecule has 4 aromatic carbocycles. The van der Waals surface area contributed by atoms with Crippen molar-refractivity contribution in [1.82, 2.24) is 9.97 Å². The van der Waals surface area contributed by atoms with E-state index in [1.807, 2.05) is 67.7 Å². The number of hydrogen-bond acceptors (Lipinski definition) is 4. The maximum absolute atomic E-state index is 11.0. The Morgan fingerprint density at radius 1 is 0.708 bits per heavy atom. The Morgan fingerprint density at radius 2 is 1.44 bits per heavy atom. The van der Waals surface area contributed by atoms with Crippen LogP contribution in [0.5, 0.6) is 5.75 Å². The van der Waals surface area contributed by atoms with Crippen molar-refractivity contribution in [3.63, 3.8) is 0 Å². The van der Waals surface area contributed by atoms with Crippen molar-refractivity contribution < 1.29 is 10.9 Å². The molecule has 0 spiro atoms. The van der Waals surface area contributed by atoms with Gasteiger partial charge in [-0.2, -0.15) is 0 Å². The van der Waals surface area contributed by atoms with Crippen molar-refractivity contribution in [2.24, 2.45) is 0 Å². The molecule has 1 N–H and O–H groups in total. The molecule has 8 rings (SSSR count). The van der Waals surface area contributed by atoms with E-state index in [4.69, 9.17) is 14.4 Å². The number of oxazole rings is 1. The van der Waals surface area contributed by atoms with Crippen LogP contribution in [-0.4, -0.2) is 15.1 Å². The number of pyridine rings is 1. The summed E-state index contributed by atoms with van der Waals surface area (Å²) in [6.45, 7) is 1.96. The SMILES string of the molecule is [2H]C(C)(c1ccccc1)c1cccnc1-c1cc(-c2cccc3oc(-c4cc(C5CCCCC5)ccc4O)nc23)cc(C2CCCCC2)c1. The van der Waals surface area contributed by atoms with Crippen molar-refractivity contribution in [3.8, 4) is 39.6 Å². The first-order valence-electron chi connectivity index (χ1n) is 18.4. The lowest BCUT2D eigenvalue weighted by atomic mass is 9.81. The molecule has 242 valence electrons. The van der Waals surface area contributed by atoms with Crippen LogP contribution in [0.1, 0.15) is 112 Å². The fourth-order valence-corrected chi connectivity index (χ4v) is 8.11. The molecule has 2 aromatic heterocycles. The van der Waals surface area contributed by atoms with Crippen molar-refractivity contribution in [3.05, 3.63) is 126 Å². The van der Waals surface area contributed by atoms with Gasteiger partial charge in [0.05, 0.1) is 11.3 Å². The zero-order chi connectivity index (χ0) is 33.4. The Labute approximate surface area is 285 Å². The normalized spacial score (nSPS) is 17.6. The third-order valence-electron chi connectivity index (χ3n) is 10.8. The van der Waals surface area contributed by atoms with Gasteiger partial charge in [0.2, 0.25) is 5.89 Å². The second kappa shape index (κ2) is 13.4. The molecule has 0 radical (unpaired) electrons. The van der Waals surface area contributed by atoms with Crippen LogP contribution in [0.25, 0.3) is 44.9 Å². The van der Waals surface area contributed by atoms with Gasteiger partial charge in [0.15, 0.2) is 5.58 Å². The second-order valence-corrected chi connectivity index (χ2v) is 13.9. The predicted molar refractivity (Wildman–Crippen MR) is 195 cm³/mol. The zero-order valence-corrected chi connectivity index (χ0v) is 27.8. The maximum Gasteiger partial charge on any atom is 0.231 e. The third kappa shape index (κ3) is 6.05. The van der Waals surface area contributed by atoms with E-state index in [2.05, 4.69) is 36.4 Å². The molecule has 2 heterocycles.